The highest BCUT2D eigenvalue weighted by molar-refractivity contribution is 5.71. The molecule has 1 aromatic heterocycles. The van der Waals surface area contributed by atoms with E-state index < -0.39 is 5.60 Å². The van der Waals surface area contributed by atoms with Crippen LogP contribution >= 0.6 is 0 Å². The molecule has 27 heavy (non-hydrogen) atoms. The van der Waals surface area contributed by atoms with E-state index in [1.165, 1.54) is 0 Å². The summed E-state index contributed by atoms with van der Waals surface area (Å²) in [7, 11) is 0. The summed E-state index contributed by atoms with van der Waals surface area (Å²) in [5.74, 6) is 0.972. The van der Waals surface area contributed by atoms with Gasteiger partial charge in [0.25, 0.3) is 0 Å². The van der Waals surface area contributed by atoms with Gasteiger partial charge in [0.1, 0.15) is 17.5 Å². The van der Waals surface area contributed by atoms with Crippen LogP contribution in [0.15, 0.2) is 25.0 Å². The molecule has 6 nitrogen and oxygen atoms in total. The smallest absolute Gasteiger partial charge is 0.410 e. The van der Waals surface area contributed by atoms with E-state index in [-0.39, 0.29) is 18.1 Å². The Kier molecular flexibility index (Phi) is 6.05. The third-order valence-electron chi connectivity index (χ3n) is 4.89. The topological polar surface area (TPSA) is 60.9 Å². The predicted octanol–water partition coefficient (Wildman–Crippen LogP) is 3.91. The number of pyridine rings is 1. The van der Waals surface area contributed by atoms with Crippen LogP contribution < -0.4 is 4.74 Å². The summed E-state index contributed by atoms with van der Waals surface area (Å²) >= 11 is 0. The van der Waals surface area contributed by atoms with Crippen molar-refractivity contribution in [2.24, 2.45) is 5.92 Å². The van der Waals surface area contributed by atoms with Crippen molar-refractivity contribution in [3.63, 3.8) is 0 Å². The molecular weight excluding hydrogens is 344 g/mol. The van der Waals surface area contributed by atoms with Gasteiger partial charge < -0.3 is 19.1 Å². The van der Waals surface area contributed by atoms with Gasteiger partial charge in [-0.2, -0.15) is 0 Å². The number of nitrogens with zero attached hydrogens (tertiary/aromatic N) is 2. The third kappa shape index (κ3) is 5.45. The second-order valence-electron chi connectivity index (χ2n) is 8.28. The van der Waals surface area contributed by atoms with Gasteiger partial charge in [-0.05, 0) is 44.4 Å². The maximum Gasteiger partial charge on any atom is 0.410 e. The van der Waals surface area contributed by atoms with Crippen molar-refractivity contribution in [3.05, 3.63) is 30.6 Å². The first kappa shape index (κ1) is 19.7. The predicted molar refractivity (Wildman–Crippen MR) is 104 cm³/mol. The molecule has 2 aliphatic heterocycles. The van der Waals surface area contributed by atoms with E-state index in [9.17, 15) is 4.79 Å². The molecule has 0 radical (unpaired) electrons. The second kappa shape index (κ2) is 8.30. The zero-order chi connectivity index (χ0) is 19.4. The first-order valence-corrected chi connectivity index (χ1v) is 9.68. The molecule has 1 amide bonds. The first-order valence-electron chi connectivity index (χ1n) is 9.68. The van der Waals surface area contributed by atoms with E-state index in [1.54, 1.807) is 11.1 Å². The van der Waals surface area contributed by atoms with E-state index in [0.717, 1.165) is 49.4 Å². The fourth-order valence-electron chi connectivity index (χ4n) is 3.42. The Balaban J connectivity index is 1.59. The number of carbonyl (C=O) groups excluding carboxylic acids is 1. The molecule has 0 saturated carbocycles. The van der Waals surface area contributed by atoms with E-state index in [2.05, 4.69) is 11.6 Å². The van der Waals surface area contributed by atoms with Crippen molar-refractivity contribution in [3.8, 4) is 5.75 Å². The van der Waals surface area contributed by atoms with Crippen molar-refractivity contribution in [2.75, 3.05) is 26.3 Å². The number of rotatable bonds is 4. The normalized spacial score (nSPS) is 21.1. The summed E-state index contributed by atoms with van der Waals surface area (Å²) in [6.07, 6.45) is 6.16. The SMILES string of the molecule is C=C(c1cncc(OC2CCOCC2)c1)[C@H]1CCN(C(=O)OC(C)(C)C)C1. The minimum Gasteiger partial charge on any atom is -0.489 e. The molecule has 0 N–H and O–H groups in total. The van der Waals surface area contributed by atoms with E-state index >= 15 is 0 Å². The first-order chi connectivity index (χ1) is 12.8. The molecule has 0 spiro atoms. The van der Waals surface area contributed by atoms with Crippen LogP contribution in [-0.2, 0) is 9.47 Å². The largest absolute Gasteiger partial charge is 0.489 e. The molecule has 2 fully saturated rings. The van der Waals surface area contributed by atoms with Gasteiger partial charge in [-0.15, -0.1) is 0 Å². The van der Waals surface area contributed by atoms with Gasteiger partial charge in [-0.1, -0.05) is 6.58 Å². The molecule has 0 aliphatic carbocycles. The maximum atomic E-state index is 12.3. The van der Waals surface area contributed by atoms with Crippen LogP contribution in [0.2, 0.25) is 0 Å². The molecule has 0 bridgehead atoms. The van der Waals surface area contributed by atoms with Crippen LogP contribution in [0.3, 0.4) is 0 Å². The summed E-state index contributed by atoms with van der Waals surface area (Å²) in [4.78, 5) is 18.4. The van der Waals surface area contributed by atoms with Crippen molar-refractivity contribution in [1.29, 1.82) is 0 Å². The van der Waals surface area contributed by atoms with Crippen LogP contribution in [0.4, 0.5) is 4.79 Å². The Labute approximate surface area is 161 Å². The Morgan fingerprint density at radius 3 is 2.70 bits per heavy atom. The lowest BCUT2D eigenvalue weighted by molar-refractivity contribution is 0.0253. The standard InChI is InChI=1S/C21H30N2O4/c1-15(16-5-8-23(14-16)20(24)27-21(2,3)4)17-11-19(13-22-12-17)26-18-6-9-25-10-7-18/h11-13,16,18H,1,5-10,14H2,2-4H3/t16-/m0/s1. The highest BCUT2D eigenvalue weighted by Gasteiger charge is 2.31. The summed E-state index contributed by atoms with van der Waals surface area (Å²) < 4.78 is 16.9. The zero-order valence-electron chi connectivity index (χ0n) is 16.6. The molecular formula is C21H30N2O4. The molecule has 2 aliphatic rings. The molecule has 1 aromatic rings. The van der Waals surface area contributed by atoms with E-state index in [0.29, 0.717) is 13.1 Å². The summed E-state index contributed by atoms with van der Waals surface area (Å²) in [6.45, 7) is 12.7. The Bertz CT molecular complexity index is 677. The fraction of sp³-hybridized carbons (Fsp3) is 0.619. The molecule has 2 saturated heterocycles. The molecule has 148 valence electrons. The number of hydrogen-bond donors (Lipinski definition) is 0. The van der Waals surface area contributed by atoms with Gasteiger partial charge >= 0.3 is 6.09 Å². The van der Waals surface area contributed by atoms with Crippen molar-refractivity contribution >= 4 is 11.7 Å². The van der Waals surface area contributed by atoms with Gasteiger partial charge in [0.05, 0.1) is 19.4 Å². The quantitative estimate of drug-likeness (QED) is 0.800. The fourth-order valence-corrected chi connectivity index (χ4v) is 3.42. The summed E-state index contributed by atoms with van der Waals surface area (Å²) in [5.41, 5.74) is 1.48. The minimum atomic E-state index is -0.480. The van der Waals surface area contributed by atoms with Gasteiger partial charge in [-0.25, -0.2) is 4.79 Å². The highest BCUT2D eigenvalue weighted by Crippen LogP contribution is 2.32. The average Bonchev–Trinajstić information content (AvgIpc) is 3.11. The Morgan fingerprint density at radius 2 is 2.00 bits per heavy atom. The second-order valence-corrected chi connectivity index (χ2v) is 8.28. The lowest BCUT2D eigenvalue weighted by atomic mass is 9.94. The number of ether oxygens (including phenoxy) is 3. The molecule has 3 rings (SSSR count). The maximum absolute atomic E-state index is 12.3. The molecule has 1 atom stereocenters. The number of amides is 1. The molecule has 3 heterocycles. The van der Waals surface area contributed by atoms with Crippen LogP contribution in [0.25, 0.3) is 5.57 Å². The van der Waals surface area contributed by atoms with E-state index in [1.807, 2.05) is 33.0 Å². The van der Waals surface area contributed by atoms with E-state index in [4.69, 9.17) is 14.2 Å². The average molecular weight is 374 g/mol. The number of aromatic nitrogens is 1. The molecule has 0 aromatic carbocycles. The minimum absolute atomic E-state index is 0.179. The summed E-state index contributed by atoms with van der Waals surface area (Å²) in [6, 6.07) is 2.00. The zero-order valence-corrected chi connectivity index (χ0v) is 16.6. The van der Waals surface area contributed by atoms with Crippen LogP contribution in [0.5, 0.6) is 5.75 Å². The van der Waals surface area contributed by atoms with Gasteiger partial charge in [0, 0.05) is 38.0 Å². The lowest BCUT2D eigenvalue weighted by Crippen LogP contribution is -2.35. The lowest BCUT2D eigenvalue weighted by Gasteiger charge is -2.25. The summed E-state index contributed by atoms with van der Waals surface area (Å²) in [5, 5.41) is 0. The third-order valence-corrected chi connectivity index (χ3v) is 4.89. The van der Waals surface area contributed by atoms with Crippen molar-refractivity contribution in [1.82, 2.24) is 9.88 Å². The van der Waals surface area contributed by atoms with Gasteiger partial charge in [-0.3, -0.25) is 4.98 Å². The highest BCUT2D eigenvalue weighted by atomic mass is 16.6. The van der Waals surface area contributed by atoms with Gasteiger partial charge in [0.15, 0.2) is 0 Å². The van der Waals surface area contributed by atoms with Crippen LogP contribution in [0.1, 0.15) is 45.6 Å². The number of likely N-dealkylation sites (tertiary alicyclic amines) is 1. The number of hydrogen-bond acceptors (Lipinski definition) is 5. The molecule has 0 unspecified atom stereocenters. The van der Waals surface area contributed by atoms with Crippen LogP contribution in [0, 0.1) is 5.92 Å². The van der Waals surface area contributed by atoms with Crippen molar-refractivity contribution in [2.45, 2.75) is 51.7 Å². The monoisotopic (exact) mass is 374 g/mol. The Morgan fingerprint density at radius 1 is 1.26 bits per heavy atom. The van der Waals surface area contributed by atoms with Crippen LogP contribution in [-0.4, -0.2) is 54.0 Å². The van der Waals surface area contributed by atoms with Crippen molar-refractivity contribution < 1.29 is 19.0 Å². The number of carbonyl (C=O) groups is 1. The molecule has 6 heteroatoms. The van der Waals surface area contributed by atoms with Gasteiger partial charge in [0.2, 0.25) is 0 Å². The Hall–Kier alpha value is -2.08.